The molecule has 0 N–H and O–H groups in total. The minimum atomic E-state index is 0.119. The molecule has 2 rings (SSSR count). The van der Waals surface area contributed by atoms with E-state index >= 15 is 0 Å². The van der Waals surface area contributed by atoms with Crippen LogP contribution in [0, 0.1) is 0 Å². The second kappa shape index (κ2) is 2.29. The molecule has 2 heterocycles. The van der Waals surface area contributed by atoms with Crippen molar-refractivity contribution in [1.29, 1.82) is 0 Å². The maximum Gasteiger partial charge on any atom is 0.212 e. The van der Waals surface area contributed by atoms with E-state index in [9.17, 15) is 0 Å². The van der Waals surface area contributed by atoms with Crippen molar-refractivity contribution in [2.24, 2.45) is 0 Å². The van der Waals surface area contributed by atoms with Crippen molar-refractivity contribution in [2.45, 2.75) is 26.2 Å². The molecule has 0 radical (unpaired) electrons. The molecule has 2 aromatic heterocycles. The summed E-state index contributed by atoms with van der Waals surface area (Å²) in [6.45, 7) is 6.49. The Balaban J connectivity index is 2.69. The smallest absolute Gasteiger partial charge is 0.212 e. The van der Waals surface area contributed by atoms with Crippen LogP contribution >= 0.6 is 11.3 Å². The highest BCUT2D eigenvalue weighted by Crippen LogP contribution is 2.23. The van der Waals surface area contributed by atoms with Crippen molar-refractivity contribution in [3.63, 3.8) is 0 Å². The number of imidazole rings is 1. The van der Waals surface area contributed by atoms with Gasteiger partial charge in [0.2, 0.25) is 4.96 Å². The second-order valence-electron chi connectivity index (χ2n) is 3.83. The summed E-state index contributed by atoms with van der Waals surface area (Å²) in [5.41, 5.74) is 3.10. The number of rotatable bonds is 0. The molecule has 64 valence electrons. The van der Waals surface area contributed by atoms with Crippen LogP contribution in [0.4, 0.5) is 0 Å². The van der Waals surface area contributed by atoms with Gasteiger partial charge in [-0.2, -0.15) is 5.10 Å². The molecule has 0 aliphatic heterocycles. The molecule has 2 aromatic rings. The zero-order valence-electron chi connectivity index (χ0n) is 7.40. The van der Waals surface area contributed by atoms with E-state index in [4.69, 9.17) is 0 Å². The summed E-state index contributed by atoms with van der Waals surface area (Å²) in [5, 5.41) is 4.22. The highest BCUT2D eigenvalue weighted by atomic mass is 32.1. The first-order valence-corrected chi connectivity index (χ1v) is 4.75. The van der Waals surface area contributed by atoms with Crippen LogP contribution in [0.2, 0.25) is 0 Å². The largest absolute Gasteiger partial charge is 0.226 e. The van der Waals surface area contributed by atoms with Crippen molar-refractivity contribution in [3.8, 4) is 0 Å². The summed E-state index contributed by atoms with van der Waals surface area (Å²) < 4.78 is 1.91. The lowest BCUT2D eigenvalue weighted by Gasteiger charge is -2.15. The Morgan fingerprint density at radius 3 is 2.83 bits per heavy atom. The normalized spacial score (nSPS) is 12.6. The second-order valence-corrected chi connectivity index (χ2v) is 4.64. The quantitative estimate of drug-likeness (QED) is 0.623. The lowest BCUT2D eigenvalue weighted by atomic mass is 9.93. The third kappa shape index (κ3) is 1.03. The molecule has 3 nitrogen and oxygen atoms in total. The molecule has 0 saturated heterocycles. The molecular weight excluding hydrogens is 170 g/mol. The van der Waals surface area contributed by atoms with E-state index in [0.29, 0.717) is 0 Å². The summed E-state index contributed by atoms with van der Waals surface area (Å²) in [4.78, 5) is 5.24. The van der Waals surface area contributed by atoms with Crippen LogP contribution in [0.3, 0.4) is 0 Å². The van der Waals surface area contributed by atoms with Crippen LogP contribution in [0.15, 0.2) is 11.7 Å². The van der Waals surface area contributed by atoms with Crippen molar-refractivity contribution in [2.75, 3.05) is 0 Å². The van der Waals surface area contributed by atoms with Crippen LogP contribution in [0.25, 0.3) is 4.96 Å². The molecule has 0 saturated carbocycles. The van der Waals surface area contributed by atoms with Gasteiger partial charge in [-0.1, -0.05) is 32.1 Å². The van der Waals surface area contributed by atoms with Gasteiger partial charge < -0.3 is 0 Å². The average molecular weight is 181 g/mol. The molecule has 0 bridgehead atoms. The van der Waals surface area contributed by atoms with Crippen LogP contribution in [0.5, 0.6) is 0 Å². The predicted octanol–water partition coefficient (Wildman–Crippen LogP) is 2.09. The van der Waals surface area contributed by atoms with Gasteiger partial charge in [0.05, 0.1) is 11.9 Å². The molecule has 0 fully saturated rings. The molecular formula is C8H11N3S. The fourth-order valence-corrected chi connectivity index (χ4v) is 1.74. The van der Waals surface area contributed by atoms with E-state index < -0.39 is 0 Å². The van der Waals surface area contributed by atoms with E-state index in [2.05, 4.69) is 30.9 Å². The van der Waals surface area contributed by atoms with Crippen LogP contribution in [-0.2, 0) is 5.41 Å². The van der Waals surface area contributed by atoms with Gasteiger partial charge in [-0.05, 0) is 0 Å². The Labute approximate surface area is 75.1 Å². The number of hydrogen-bond donors (Lipinski definition) is 0. The van der Waals surface area contributed by atoms with Crippen molar-refractivity contribution >= 4 is 16.3 Å². The third-order valence-electron chi connectivity index (χ3n) is 1.80. The van der Waals surface area contributed by atoms with Crippen LogP contribution in [0.1, 0.15) is 26.5 Å². The molecule has 4 heteroatoms. The number of fused-ring (bicyclic) bond motifs is 1. The fraction of sp³-hybridized carbons (Fsp3) is 0.500. The first-order chi connectivity index (χ1) is 5.59. The topological polar surface area (TPSA) is 30.2 Å². The lowest BCUT2D eigenvalue weighted by Crippen LogP contribution is -2.14. The van der Waals surface area contributed by atoms with E-state index in [1.165, 1.54) is 5.69 Å². The molecule has 0 spiro atoms. The first kappa shape index (κ1) is 7.73. The fourth-order valence-electron chi connectivity index (χ4n) is 1.15. The highest BCUT2D eigenvalue weighted by molar-refractivity contribution is 7.14. The minimum absolute atomic E-state index is 0.119. The summed E-state index contributed by atoms with van der Waals surface area (Å²) in [7, 11) is 0. The van der Waals surface area contributed by atoms with E-state index in [1.54, 1.807) is 11.3 Å². The molecule has 0 aliphatic carbocycles. The van der Waals surface area contributed by atoms with Gasteiger partial charge in [-0.3, -0.25) is 0 Å². The third-order valence-corrected chi connectivity index (χ3v) is 2.48. The Kier molecular flexibility index (Phi) is 1.48. The maximum atomic E-state index is 4.26. The first-order valence-electron chi connectivity index (χ1n) is 3.87. The predicted molar refractivity (Wildman–Crippen MR) is 49.6 cm³/mol. The van der Waals surface area contributed by atoms with Gasteiger partial charge >= 0.3 is 0 Å². The van der Waals surface area contributed by atoms with Crippen molar-refractivity contribution in [3.05, 3.63) is 17.4 Å². The Hall–Kier alpha value is -0.900. The molecule has 0 aliphatic rings. The van der Waals surface area contributed by atoms with Gasteiger partial charge in [0, 0.05) is 5.41 Å². The summed E-state index contributed by atoms with van der Waals surface area (Å²) in [5.74, 6) is 0. The summed E-state index contributed by atoms with van der Waals surface area (Å²) in [6.07, 6.45) is 1.90. The molecule has 0 amide bonds. The molecule has 12 heavy (non-hydrogen) atoms. The lowest BCUT2D eigenvalue weighted by molar-refractivity contribution is 0.552. The monoisotopic (exact) mass is 181 g/mol. The van der Waals surface area contributed by atoms with Crippen molar-refractivity contribution < 1.29 is 0 Å². The van der Waals surface area contributed by atoms with E-state index in [1.807, 2.05) is 16.2 Å². The Morgan fingerprint density at radius 1 is 1.42 bits per heavy atom. The van der Waals surface area contributed by atoms with Gasteiger partial charge in [0.1, 0.15) is 5.51 Å². The minimum Gasteiger partial charge on any atom is -0.226 e. The number of aromatic nitrogens is 3. The maximum absolute atomic E-state index is 4.26. The Morgan fingerprint density at radius 2 is 2.17 bits per heavy atom. The van der Waals surface area contributed by atoms with Crippen LogP contribution in [-0.4, -0.2) is 14.6 Å². The van der Waals surface area contributed by atoms with Crippen LogP contribution < -0.4 is 0 Å². The molecule has 0 unspecified atom stereocenters. The van der Waals surface area contributed by atoms with Gasteiger partial charge in [0.15, 0.2) is 0 Å². The van der Waals surface area contributed by atoms with E-state index in [0.717, 1.165) is 4.96 Å². The SMILES string of the molecule is CC(C)(C)c1cnc2scnn12. The average Bonchev–Trinajstić information content (AvgIpc) is 2.37. The summed E-state index contributed by atoms with van der Waals surface area (Å²) >= 11 is 1.56. The number of nitrogens with zero attached hydrogens (tertiary/aromatic N) is 3. The number of hydrogen-bond acceptors (Lipinski definition) is 3. The van der Waals surface area contributed by atoms with Gasteiger partial charge in [0.25, 0.3) is 0 Å². The van der Waals surface area contributed by atoms with E-state index in [-0.39, 0.29) is 5.41 Å². The zero-order chi connectivity index (χ0) is 8.77. The molecule has 0 atom stereocenters. The van der Waals surface area contributed by atoms with Crippen molar-refractivity contribution in [1.82, 2.24) is 14.6 Å². The zero-order valence-corrected chi connectivity index (χ0v) is 8.22. The molecule has 0 aromatic carbocycles. The van der Waals surface area contributed by atoms with Gasteiger partial charge in [-0.15, -0.1) is 0 Å². The standard InChI is InChI=1S/C8H11N3S/c1-8(2,3)6-4-9-7-11(6)10-5-12-7/h4-5H,1-3H3. The Bertz CT molecular complexity index is 394. The summed E-state index contributed by atoms with van der Waals surface area (Å²) in [6, 6.07) is 0. The van der Waals surface area contributed by atoms with Gasteiger partial charge in [-0.25, -0.2) is 9.50 Å². The highest BCUT2D eigenvalue weighted by Gasteiger charge is 2.19.